The molecule has 104 valence electrons. The van der Waals surface area contributed by atoms with Crippen LogP contribution in [0.15, 0.2) is 54.6 Å². The van der Waals surface area contributed by atoms with Gasteiger partial charge in [0.2, 0.25) is 0 Å². The van der Waals surface area contributed by atoms with Gasteiger partial charge in [-0.1, -0.05) is 36.4 Å². The summed E-state index contributed by atoms with van der Waals surface area (Å²) in [4.78, 5) is 23.9. The lowest BCUT2D eigenvalue weighted by atomic mass is 10.1. The molecular formula is C16H12N2O2S. The number of primary amides is 1. The minimum absolute atomic E-state index is 0.260. The van der Waals surface area contributed by atoms with E-state index < -0.39 is 5.91 Å². The first-order valence-electron chi connectivity index (χ1n) is 6.34. The Kier molecular flexibility index (Phi) is 3.41. The van der Waals surface area contributed by atoms with Gasteiger partial charge in [-0.05, 0) is 18.2 Å². The van der Waals surface area contributed by atoms with E-state index in [-0.39, 0.29) is 5.91 Å². The number of nitrogens with two attached hydrogens (primary N) is 1. The molecular weight excluding hydrogens is 284 g/mol. The molecule has 0 radical (unpaired) electrons. The summed E-state index contributed by atoms with van der Waals surface area (Å²) in [5.41, 5.74) is 6.35. The molecule has 0 aliphatic carbocycles. The van der Waals surface area contributed by atoms with Crippen molar-refractivity contribution in [2.45, 2.75) is 0 Å². The quantitative estimate of drug-likeness (QED) is 0.778. The average Bonchev–Trinajstić information content (AvgIpc) is 2.86. The molecule has 0 atom stereocenters. The number of anilines is 1. The molecule has 0 aliphatic heterocycles. The molecule has 1 heterocycles. The topological polar surface area (TPSA) is 72.2 Å². The van der Waals surface area contributed by atoms with Gasteiger partial charge < -0.3 is 11.1 Å². The van der Waals surface area contributed by atoms with Crippen LogP contribution in [0.3, 0.4) is 0 Å². The van der Waals surface area contributed by atoms with Gasteiger partial charge in [0, 0.05) is 15.6 Å². The van der Waals surface area contributed by atoms with Crippen LogP contribution in [0.25, 0.3) is 10.1 Å². The fourth-order valence-corrected chi connectivity index (χ4v) is 3.25. The molecule has 3 aromatic rings. The highest BCUT2D eigenvalue weighted by Gasteiger charge is 2.18. The first-order chi connectivity index (χ1) is 10.2. The number of carbonyl (C=O) groups excluding carboxylic acids is 2. The first kappa shape index (κ1) is 13.3. The van der Waals surface area contributed by atoms with Crippen LogP contribution in [-0.4, -0.2) is 11.8 Å². The Morgan fingerprint density at radius 3 is 2.33 bits per heavy atom. The van der Waals surface area contributed by atoms with Gasteiger partial charge in [0.1, 0.15) is 5.00 Å². The Balaban J connectivity index is 2.03. The van der Waals surface area contributed by atoms with Crippen LogP contribution in [0.5, 0.6) is 0 Å². The average molecular weight is 296 g/mol. The van der Waals surface area contributed by atoms with E-state index in [1.54, 1.807) is 24.3 Å². The third-order valence-electron chi connectivity index (χ3n) is 3.10. The van der Waals surface area contributed by atoms with Gasteiger partial charge in [-0.25, -0.2) is 0 Å². The third kappa shape index (κ3) is 2.51. The highest BCUT2D eigenvalue weighted by molar-refractivity contribution is 7.23. The van der Waals surface area contributed by atoms with Gasteiger partial charge in [-0.3, -0.25) is 9.59 Å². The maximum absolute atomic E-state index is 12.2. The van der Waals surface area contributed by atoms with Crippen molar-refractivity contribution in [3.63, 3.8) is 0 Å². The summed E-state index contributed by atoms with van der Waals surface area (Å²) in [6.07, 6.45) is 0. The summed E-state index contributed by atoms with van der Waals surface area (Å²) in [5.74, 6) is -0.805. The zero-order valence-electron chi connectivity index (χ0n) is 11.0. The molecule has 2 aromatic carbocycles. The predicted molar refractivity (Wildman–Crippen MR) is 84.7 cm³/mol. The molecule has 3 rings (SSSR count). The largest absolute Gasteiger partial charge is 0.365 e. The summed E-state index contributed by atoms with van der Waals surface area (Å²) >= 11 is 1.34. The second-order valence-corrected chi connectivity index (χ2v) is 5.54. The molecule has 2 amide bonds. The Morgan fingerprint density at radius 2 is 1.62 bits per heavy atom. The summed E-state index contributed by atoms with van der Waals surface area (Å²) in [5, 5.41) is 4.02. The van der Waals surface area contributed by atoms with Crippen LogP contribution >= 0.6 is 11.3 Å². The monoisotopic (exact) mass is 296 g/mol. The molecule has 0 aliphatic rings. The Hall–Kier alpha value is -2.66. The number of amides is 2. The minimum atomic E-state index is -0.546. The van der Waals surface area contributed by atoms with Crippen molar-refractivity contribution >= 4 is 38.2 Å². The number of benzene rings is 2. The lowest BCUT2D eigenvalue weighted by molar-refractivity contribution is 0.100. The molecule has 0 spiro atoms. The van der Waals surface area contributed by atoms with Gasteiger partial charge in [0.05, 0.1) is 5.56 Å². The van der Waals surface area contributed by atoms with Crippen molar-refractivity contribution in [2.24, 2.45) is 5.73 Å². The molecule has 0 fully saturated rings. The van der Waals surface area contributed by atoms with Crippen LogP contribution in [0.1, 0.15) is 20.7 Å². The van der Waals surface area contributed by atoms with E-state index >= 15 is 0 Å². The zero-order valence-corrected chi connectivity index (χ0v) is 11.8. The standard InChI is InChI=1S/C16H12N2O2S/c17-14(19)13-11-8-4-5-9-12(11)21-16(13)18-15(20)10-6-2-1-3-7-10/h1-9H,(H2,17,19)(H,18,20). The fourth-order valence-electron chi connectivity index (χ4n) is 2.14. The SMILES string of the molecule is NC(=O)c1c(NC(=O)c2ccccc2)sc2ccccc12. The minimum Gasteiger partial charge on any atom is -0.365 e. The normalized spacial score (nSPS) is 10.5. The number of rotatable bonds is 3. The van der Waals surface area contributed by atoms with E-state index in [0.29, 0.717) is 16.1 Å². The summed E-state index contributed by atoms with van der Waals surface area (Å²) in [7, 11) is 0. The second kappa shape index (κ2) is 5.38. The lowest BCUT2D eigenvalue weighted by Crippen LogP contribution is -2.16. The highest BCUT2D eigenvalue weighted by atomic mass is 32.1. The summed E-state index contributed by atoms with van der Waals surface area (Å²) in [6, 6.07) is 16.3. The van der Waals surface area contributed by atoms with Gasteiger partial charge in [-0.15, -0.1) is 11.3 Å². The molecule has 3 N–H and O–H groups in total. The number of hydrogen-bond acceptors (Lipinski definition) is 3. The Morgan fingerprint density at radius 1 is 0.952 bits per heavy atom. The van der Waals surface area contributed by atoms with Crippen LogP contribution in [0.2, 0.25) is 0 Å². The smallest absolute Gasteiger partial charge is 0.256 e. The van der Waals surface area contributed by atoms with Crippen molar-refractivity contribution in [3.8, 4) is 0 Å². The fraction of sp³-hybridized carbons (Fsp3) is 0. The molecule has 1 aromatic heterocycles. The molecule has 4 nitrogen and oxygen atoms in total. The third-order valence-corrected chi connectivity index (χ3v) is 4.19. The molecule has 0 unspecified atom stereocenters. The first-order valence-corrected chi connectivity index (χ1v) is 7.16. The van der Waals surface area contributed by atoms with Gasteiger partial charge in [0.25, 0.3) is 11.8 Å². The maximum atomic E-state index is 12.2. The molecule has 5 heteroatoms. The van der Waals surface area contributed by atoms with E-state index in [1.165, 1.54) is 11.3 Å². The van der Waals surface area contributed by atoms with Crippen molar-refractivity contribution in [2.75, 3.05) is 5.32 Å². The van der Waals surface area contributed by atoms with Crippen LogP contribution in [0, 0.1) is 0 Å². The van der Waals surface area contributed by atoms with Crippen LogP contribution in [-0.2, 0) is 0 Å². The molecule has 0 saturated carbocycles. The predicted octanol–water partition coefficient (Wildman–Crippen LogP) is 3.25. The number of fused-ring (bicyclic) bond motifs is 1. The number of carbonyl (C=O) groups is 2. The summed E-state index contributed by atoms with van der Waals surface area (Å²) in [6.45, 7) is 0. The lowest BCUT2D eigenvalue weighted by Gasteiger charge is -2.04. The van der Waals surface area contributed by atoms with E-state index in [1.807, 2.05) is 30.3 Å². The number of hydrogen-bond donors (Lipinski definition) is 2. The van der Waals surface area contributed by atoms with Crippen molar-refractivity contribution in [1.82, 2.24) is 0 Å². The Labute approximate surface area is 125 Å². The van der Waals surface area contributed by atoms with Crippen molar-refractivity contribution in [3.05, 3.63) is 65.7 Å². The highest BCUT2D eigenvalue weighted by Crippen LogP contribution is 2.35. The Bertz CT molecular complexity index is 825. The van der Waals surface area contributed by atoms with Crippen molar-refractivity contribution < 1.29 is 9.59 Å². The van der Waals surface area contributed by atoms with E-state index in [4.69, 9.17) is 5.73 Å². The maximum Gasteiger partial charge on any atom is 0.256 e. The summed E-state index contributed by atoms with van der Waals surface area (Å²) < 4.78 is 0.912. The zero-order chi connectivity index (χ0) is 14.8. The van der Waals surface area contributed by atoms with E-state index in [0.717, 1.165) is 10.1 Å². The van der Waals surface area contributed by atoms with E-state index in [9.17, 15) is 9.59 Å². The second-order valence-electron chi connectivity index (χ2n) is 4.49. The molecule has 21 heavy (non-hydrogen) atoms. The number of thiophene rings is 1. The van der Waals surface area contributed by atoms with Crippen molar-refractivity contribution in [1.29, 1.82) is 0 Å². The van der Waals surface area contributed by atoms with Gasteiger partial charge in [0.15, 0.2) is 0 Å². The van der Waals surface area contributed by atoms with Gasteiger partial charge in [-0.2, -0.15) is 0 Å². The van der Waals surface area contributed by atoms with E-state index in [2.05, 4.69) is 5.32 Å². The molecule has 0 bridgehead atoms. The molecule has 0 saturated heterocycles. The van der Waals surface area contributed by atoms with Gasteiger partial charge >= 0.3 is 0 Å². The van der Waals surface area contributed by atoms with Crippen LogP contribution in [0.4, 0.5) is 5.00 Å². The van der Waals surface area contributed by atoms with Crippen LogP contribution < -0.4 is 11.1 Å². The number of nitrogens with one attached hydrogen (secondary N) is 1.